The number of amides is 2. The van der Waals surface area contributed by atoms with Crippen LogP contribution in [0.25, 0.3) is 0 Å². The predicted octanol–water partition coefficient (Wildman–Crippen LogP) is 4.00. The largest absolute Gasteiger partial charge is 0.352 e. The molecule has 208 valence electrons. The highest BCUT2D eigenvalue weighted by atomic mass is 32.2. The maximum atomic E-state index is 13.9. The fraction of sp³-hybridized carbons (Fsp3) is 0.500. The average Bonchev–Trinajstić information content (AvgIpc) is 2.88. The number of rotatable bonds is 11. The van der Waals surface area contributed by atoms with Gasteiger partial charge in [-0.1, -0.05) is 56.0 Å². The van der Waals surface area contributed by atoms with Gasteiger partial charge >= 0.3 is 10.2 Å². The maximum Gasteiger partial charge on any atom is 0.304 e. The normalized spacial score (nSPS) is 15.2. The van der Waals surface area contributed by atoms with Crippen LogP contribution in [0.2, 0.25) is 0 Å². The van der Waals surface area contributed by atoms with Gasteiger partial charge in [-0.05, 0) is 56.0 Å². The number of aryl methyl sites for hydroxylation is 1. The lowest BCUT2D eigenvalue weighted by Crippen LogP contribution is -2.54. The van der Waals surface area contributed by atoms with E-state index in [0.29, 0.717) is 6.42 Å². The Morgan fingerprint density at radius 1 is 1.05 bits per heavy atom. The molecular weight excluding hydrogens is 507 g/mol. The van der Waals surface area contributed by atoms with E-state index in [1.54, 1.807) is 0 Å². The second-order valence-corrected chi connectivity index (χ2v) is 12.1. The number of hydrogen-bond acceptors (Lipinski definition) is 4. The van der Waals surface area contributed by atoms with Crippen LogP contribution in [-0.2, 0) is 26.3 Å². The van der Waals surface area contributed by atoms with Crippen LogP contribution in [-0.4, -0.2) is 62.2 Å². The quantitative estimate of drug-likeness (QED) is 0.461. The first kappa shape index (κ1) is 29.6. The number of hydrogen-bond donors (Lipinski definition) is 1. The van der Waals surface area contributed by atoms with E-state index < -0.39 is 34.5 Å². The molecule has 3 rings (SSSR count). The van der Waals surface area contributed by atoms with Gasteiger partial charge in [-0.15, -0.1) is 0 Å². The molecular formula is C28H39FN4O4S. The van der Waals surface area contributed by atoms with Crippen molar-refractivity contribution in [2.24, 2.45) is 0 Å². The minimum atomic E-state index is -4.09. The molecule has 38 heavy (non-hydrogen) atoms. The highest BCUT2D eigenvalue weighted by Gasteiger charge is 2.34. The van der Waals surface area contributed by atoms with Gasteiger partial charge < -0.3 is 10.2 Å². The number of carbonyl (C=O) groups excluding carboxylic acids is 2. The first-order valence-electron chi connectivity index (χ1n) is 13.1. The van der Waals surface area contributed by atoms with Crippen molar-refractivity contribution in [3.63, 3.8) is 0 Å². The highest BCUT2D eigenvalue weighted by Crippen LogP contribution is 2.23. The Labute approximate surface area is 226 Å². The molecule has 1 aliphatic carbocycles. The standard InChI is InChI=1S/C28H39FN4O4S/c1-5-26(28(35)30-24-12-7-6-8-13-24)32(19-22-11-9-10-21(2)18-22)27(34)20-33(38(36,37)31(3)4)25-16-14-23(29)15-17-25/h9-11,14-18,24,26H,5-8,12-13,19-20H2,1-4H3,(H,30,35). The molecule has 1 atom stereocenters. The summed E-state index contributed by atoms with van der Waals surface area (Å²) in [6, 6.07) is 11.9. The van der Waals surface area contributed by atoms with Crippen molar-refractivity contribution in [3.05, 3.63) is 65.5 Å². The van der Waals surface area contributed by atoms with E-state index in [4.69, 9.17) is 0 Å². The van der Waals surface area contributed by atoms with Crippen molar-refractivity contribution in [1.29, 1.82) is 0 Å². The number of halogens is 1. The first-order chi connectivity index (χ1) is 18.0. The van der Waals surface area contributed by atoms with Gasteiger partial charge in [-0.2, -0.15) is 12.7 Å². The molecule has 0 aromatic heterocycles. The van der Waals surface area contributed by atoms with E-state index in [0.717, 1.165) is 64.0 Å². The zero-order valence-corrected chi connectivity index (χ0v) is 23.5. The number of nitrogens with zero attached hydrogens (tertiary/aromatic N) is 3. The van der Waals surface area contributed by atoms with Crippen molar-refractivity contribution in [2.75, 3.05) is 24.9 Å². The summed E-state index contributed by atoms with van der Waals surface area (Å²) in [7, 11) is -1.36. The Morgan fingerprint density at radius 3 is 2.29 bits per heavy atom. The van der Waals surface area contributed by atoms with Crippen molar-refractivity contribution in [3.8, 4) is 0 Å². The fourth-order valence-corrected chi connectivity index (χ4v) is 5.85. The van der Waals surface area contributed by atoms with E-state index in [9.17, 15) is 22.4 Å². The maximum absolute atomic E-state index is 13.9. The number of benzene rings is 2. The van der Waals surface area contributed by atoms with Crippen LogP contribution in [0.1, 0.15) is 56.6 Å². The molecule has 0 bridgehead atoms. The van der Waals surface area contributed by atoms with Gasteiger partial charge in [-0.25, -0.2) is 8.70 Å². The monoisotopic (exact) mass is 546 g/mol. The van der Waals surface area contributed by atoms with Crippen molar-refractivity contribution >= 4 is 27.7 Å². The van der Waals surface area contributed by atoms with E-state index in [2.05, 4.69) is 5.32 Å². The number of nitrogens with one attached hydrogen (secondary N) is 1. The zero-order valence-electron chi connectivity index (χ0n) is 22.7. The Balaban J connectivity index is 1.95. The first-order valence-corrected chi connectivity index (χ1v) is 14.5. The Kier molecular flexibility index (Phi) is 10.3. The van der Waals surface area contributed by atoms with Crippen LogP contribution >= 0.6 is 0 Å². The van der Waals surface area contributed by atoms with Crippen molar-refractivity contribution in [1.82, 2.24) is 14.5 Å². The third-order valence-corrected chi connectivity index (χ3v) is 8.73. The molecule has 1 unspecified atom stereocenters. The zero-order chi connectivity index (χ0) is 27.9. The molecule has 2 amide bonds. The highest BCUT2D eigenvalue weighted by molar-refractivity contribution is 7.90. The molecule has 0 saturated heterocycles. The third-order valence-electron chi connectivity index (χ3n) is 6.91. The molecule has 8 nitrogen and oxygen atoms in total. The van der Waals surface area contributed by atoms with E-state index in [1.807, 2.05) is 38.1 Å². The molecule has 0 spiro atoms. The van der Waals surface area contributed by atoms with E-state index in [-0.39, 0.29) is 24.2 Å². The number of anilines is 1. The Morgan fingerprint density at radius 2 is 1.71 bits per heavy atom. The van der Waals surface area contributed by atoms with Crippen LogP contribution in [0.5, 0.6) is 0 Å². The Bertz CT molecular complexity index is 1200. The summed E-state index contributed by atoms with van der Waals surface area (Å²) >= 11 is 0. The SMILES string of the molecule is CCC(C(=O)NC1CCCCC1)N(Cc1cccc(C)c1)C(=O)CN(c1ccc(F)cc1)S(=O)(=O)N(C)C. The van der Waals surface area contributed by atoms with Crippen molar-refractivity contribution < 1.29 is 22.4 Å². The van der Waals surface area contributed by atoms with E-state index in [1.165, 1.54) is 31.1 Å². The topological polar surface area (TPSA) is 90.0 Å². The molecule has 1 saturated carbocycles. The van der Waals surface area contributed by atoms with Crippen LogP contribution in [0.3, 0.4) is 0 Å². The minimum Gasteiger partial charge on any atom is -0.352 e. The molecule has 0 aliphatic heterocycles. The second-order valence-electron chi connectivity index (χ2n) is 10.1. The lowest BCUT2D eigenvalue weighted by atomic mass is 9.95. The predicted molar refractivity (Wildman–Crippen MR) is 147 cm³/mol. The van der Waals surface area contributed by atoms with Gasteiger partial charge in [0, 0.05) is 26.7 Å². The number of carbonyl (C=O) groups is 2. The molecule has 10 heteroatoms. The summed E-state index contributed by atoms with van der Waals surface area (Å²) < 4.78 is 42.0. The summed E-state index contributed by atoms with van der Waals surface area (Å²) in [5.41, 5.74) is 2.01. The molecule has 0 heterocycles. The van der Waals surface area contributed by atoms with Gasteiger partial charge in [0.05, 0.1) is 5.69 Å². The molecule has 1 N–H and O–H groups in total. The second kappa shape index (κ2) is 13.2. The van der Waals surface area contributed by atoms with Crippen LogP contribution in [0.4, 0.5) is 10.1 Å². The van der Waals surface area contributed by atoms with Gasteiger partial charge in [0.25, 0.3) is 0 Å². The summed E-state index contributed by atoms with van der Waals surface area (Å²) in [6.45, 7) is 3.40. The lowest BCUT2D eigenvalue weighted by molar-refractivity contribution is -0.140. The molecule has 1 fully saturated rings. The smallest absolute Gasteiger partial charge is 0.304 e. The lowest BCUT2D eigenvalue weighted by Gasteiger charge is -2.35. The Hall–Kier alpha value is -2.98. The molecule has 1 aliphatic rings. The van der Waals surface area contributed by atoms with Crippen LogP contribution in [0.15, 0.2) is 48.5 Å². The van der Waals surface area contributed by atoms with Crippen molar-refractivity contribution in [2.45, 2.75) is 71.0 Å². The molecule has 0 radical (unpaired) electrons. The van der Waals surface area contributed by atoms with E-state index >= 15 is 0 Å². The summed E-state index contributed by atoms with van der Waals surface area (Å²) in [5.74, 6) is -1.27. The minimum absolute atomic E-state index is 0.0751. The van der Waals surface area contributed by atoms with Gasteiger partial charge in [0.1, 0.15) is 18.4 Å². The summed E-state index contributed by atoms with van der Waals surface area (Å²) in [6.07, 6.45) is 5.46. The van der Waals surface area contributed by atoms with Gasteiger partial charge in [0.2, 0.25) is 11.8 Å². The average molecular weight is 547 g/mol. The molecule has 2 aromatic rings. The van der Waals surface area contributed by atoms with Crippen LogP contribution < -0.4 is 9.62 Å². The summed E-state index contributed by atoms with van der Waals surface area (Å²) in [5, 5.41) is 3.13. The van der Waals surface area contributed by atoms with Crippen LogP contribution in [0, 0.1) is 12.7 Å². The third kappa shape index (κ3) is 7.54. The summed E-state index contributed by atoms with van der Waals surface area (Å²) in [4.78, 5) is 28.8. The van der Waals surface area contributed by atoms with Gasteiger partial charge in [0.15, 0.2) is 0 Å². The van der Waals surface area contributed by atoms with Gasteiger partial charge in [-0.3, -0.25) is 9.59 Å². The molecule has 2 aromatic carbocycles. The fourth-order valence-electron chi connectivity index (χ4n) is 4.80.